The van der Waals surface area contributed by atoms with Crippen LogP contribution in [0.2, 0.25) is 0 Å². The number of aromatic nitrogens is 2. The minimum Gasteiger partial charge on any atom is -0.383 e. The first-order valence-corrected chi connectivity index (χ1v) is 5.08. The second-order valence-corrected chi connectivity index (χ2v) is 4.31. The van der Waals surface area contributed by atoms with Crippen molar-refractivity contribution in [1.29, 1.82) is 0 Å². The molecule has 1 aromatic heterocycles. The molecule has 4 heteroatoms. The summed E-state index contributed by atoms with van der Waals surface area (Å²) in [5.74, 6) is 1.84. The highest BCUT2D eigenvalue weighted by atomic mass is 79.9. The van der Waals surface area contributed by atoms with Crippen LogP contribution < -0.4 is 5.73 Å². The van der Waals surface area contributed by atoms with E-state index in [0.29, 0.717) is 11.7 Å². The van der Waals surface area contributed by atoms with E-state index in [0.717, 1.165) is 22.4 Å². The lowest BCUT2D eigenvalue weighted by atomic mass is 10.1. The molecule has 0 aliphatic rings. The third-order valence-electron chi connectivity index (χ3n) is 1.66. The average Bonchev–Trinajstić information content (AvgIpc) is 1.98. The van der Waals surface area contributed by atoms with E-state index in [9.17, 15) is 0 Å². The van der Waals surface area contributed by atoms with Crippen LogP contribution in [0.4, 0.5) is 5.82 Å². The second kappa shape index (κ2) is 4.05. The molecule has 3 nitrogen and oxygen atoms in total. The standard InChI is InChI=1S/C9H14BrN3/c1-5(2)4-7-8(10)9(11)13-6(3)12-7/h5H,4H2,1-3H3,(H2,11,12,13). The van der Waals surface area contributed by atoms with Crippen LogP contribution >= 0.6 is 15.9 Å². The average molecular weight is 244 g/mol. The Balaban J connectivity index is 3.05. The van der Waals surface area contributed by atoms with Crippen LogP contribution in [0, 0.1) is 12.8 Å². The first-order chi connectivity index (χ1) is 6.00. The summed E-state index contributed by atoms with van der Waals surface area (Å²) in [5, 5.41) is 0. The van der Waals surface area contributed by atoms with Crippen molar-refractivity contribution in [2.24, 2.45) is 5.92 Å². The monoisotopic (exact) mass is 243 g/mol. The fraction of sp³-hybridized carbons (Fsp3) is 0.556. The van der Waals surface area contributed by atoms with Gasteiger partial charge in [0.15, 0.2) is 0 Å². The Morgan fingerprint density at radius 2 is 2.00 bits per heavy atom. The van der Waals surface area contributed by atoms with Crippen LogP contribution in [0.15, 0.2) is 4.47 Å². The number of aryl methyl sites for hydroxylation is 1. The maximum atomic E-state index is 5.70. The zero-order valence-electron chi connectivity index (χ0n) is 8.13. The molecular weight excluding hydrogens is 230 g/mol. The van der Waals surface area contributed by atoms with Crippen molar-refractivity contribution in [2.45, 2.75) is 27.2 Å². The van der Waals surface area contributed by atoms with E-state index in [-0.39, 0.29) is 0 Å². The molecular formula is C9H14BrN3. The summed E-state index contributed by atoms with van der Waals surface area (Å²) in [7, 11) is 0. The van der Waals surface area contributed by atoms with E-state index in [1.54, 1.807) is 0 Å². The molecule has 0 saturated heterocycles. The molecule has 0 aromatic carbocycles. The van der Waals surface area contributed by atoms with Crippen LogP contribution in [-0.2, 0) is 6.42 Å². The molecule has 0 bridgehead atoms. The second-order valence-electron chi connectivity index (χ2n) is 3.51. The molecule has 0 spiro atoms. The van der Waals surface area contributed by atoms with Crippen molar-refractivity contribution in [3.05, 3.63) is 16.0 Å². The van der Waals surface area contributed by atoms with Crippen LogP contribution in [0.1, 0.15) is 25.4 Å². The van der Waals surface area contributed by atoms with Gasteiger partial charge < -0.3 is 5.73 Å². The SMILES string of the molecule is Cc1nc(N)c(Br)c(CC(C)C)n1. The van der Waals surface area contributed by atoms with E-state index in [2.05, 4.69) is 39.7 Å². The van der Waals surface area contributed by atoms with Gasteiger partial charge in [-0.1, -0.05) is 13.8 Å². The molecule has 0 saturated carbocycles. The van der Waals surface area contributed by atoms with Crippen molar-refractivity contribution >= 4 is 21.7 Å². The van der Waals surface area contributed by atoms with Crippen molar-refractivity contribution in [3.63, 3.8) is 0 Å². The Morgan fingerprint density at radius 1 is 1.38 bits per heavy atom. The summed E-state index contributed by atoms with van der Waals surface area (Å²) >= 11 is 3.39. The molecule has 1 heterocycles. The molecule has 2 N–H and O–H groups in total. The van der Waals surface area contributed by atoms with Gasteiger partial charge in [-0.3, -0.25) is 0 Å². The number of nitrogen functional groups attached to an aromatic ring is 1. The fourth-order valence-corrected chi connectivity index (χ4v) is 1.50. The predicted octanol–water partition coefficient (Wildman–Crippen LogP) is 2.33. The van der Waals surface area contributed by atoms with E-state index < -0.39 is 0 Å². The van der Waals surface area contributed by atoms with Crippen LogP contribution in [0.25, 0.3) is 0 Å². The molecule has 0 atom stereocenters. The Kier molecular flexibility index (Phi) is 3.25. The van der Waals surface area contributed by atoms with Gasteiger partial charge >= 0.3 is 0 Å². The van der Waals surface area contributed by atoms with Crippen molar-refractivity contribution < 1.29 is 0 Å². The lowest BCUT2D eigenvalue weighted by Crippen LogP contribution is -2.05. The topological polar surface area (TPSA) is 51.8 Å². The molecule has 0 aliphatic heterocycles. The van der Waals surface area contributed by atoms with Gasteiger partial charge in [-0.25, -0.2) is 9.97 Å². The van der Waals surface area contributed by atoms with Crippen LogP contribution in [0.3, 0.4) is 0 Å². The largest absolute Gasteiger partial charge is 0.383 e. The molecule has 0 aliphatic carbocycles. The van der Waals surface area contributed by atoms with Crippen LogP contribution in [0.5, 0.6) is 0 Å². The number of halogens is 1. The number of rotatable bonds is 2. The smallest absolute Gasteiger partial charge is 0.141 e. The summed E-state index contributed by atoms with van der Waals surface area (Å²) in [4.78, 5) is 8.40. The van der Waals surface area contributed by atoms with E-state index in [1.807, 2.05) is 6.92 Å². The number of hydrogen-bond donors (Lipinski definition) is 1. The first-order valence-electron chi connectivity index (χ1n) is 4.29. The Bertz CT molecular complexity index is 310. The molecule has 0 radical (unpaired) electrons. The number of hydrogen-bond acceptors (Lipinski definition) is 3. The predicted molar refractivity (Wildman–Crippen MR) is 57.4 cm³/mol. The highest BCUT2D eigenvalue weighted by molar-refractivity contribution is 9.10. The van der Waals surface area contributed by atoms with E-state index >= 15 is 0 Å². The summed E-state index contributed by atoms with van der Waals surface area (Å²) in [5.41, 5.74) is 6.70. The first kappa shape index (κ1) is 10.4. The maximum absolute atomic E-state index is 5.70. The van der Waals surface area contributed by atoms with E-state index in [1.165, 1.54) is 0 Å². The molecule has 72 valence electrons. The van der Waals surface area contributed by atoms with Gasteiger partial charge in [0.1, 0.15) is 11.6 Å². The zero-order valence-corrected chi connectivity index (χ0v) is 9.72. The highest BCUT2D eigenvalue weighted by Gasteiger charge is 2.09. The summed E-state index contributed by atoms with van der Waals surface area (Å²) in [6, 6.07) is 0. The number of nitrogens with zero attached hydrogens (tertiary/aromatic N) is 2. The summed E-state index contributed by atoms with van der Waals surface area (Å²) in [6.45, 7) is 6.16. The van der Waals surface area contributed by atoms with Crippen molar-refractivity contribution in [1.82, 2.24) is 9.97 Å². The normalized spacial score (nSPS) is 10.8. The number of anilines is 1. The molecule has 1 rings (SSSR count). The molecule has 0 fully saturated rings. The van der Waals surface area contributed by atoms with Crippen LogP contribution in [-0.4, -0.2) is 9.97 Å². The van der Waals surface area contributed by atoms with Gasteiger partial charge in [-0.05, 0) is 35.2 Å². The van der Waals surface area contributed by atoms with Gasteiger partial charge in [0.2, 0.25) is 0 Å². The maximum Gasteiger partial charge on any atom is 0.141 e. The minimum atomic E-state index is 0.531. The summed E-state index contributed by atoms with van der Waals surface area (Å²) < 4.78 is 0.840. The lowest BCUT2D eigenvalue weighted by Gasteiger charge is -2.08. The van der Waals surface area contributed by atoms with Crippen molar-refractivity contribution in [2.75, 3.05) is 5.73 Å². The van der Waals surface area contributed by atoms with E-state index in [4.69, 9.17) is 5.73 Å². The zero-order chi connectivity index (χ0) is 10.0. The Labute approximate surface area is 86.9 Å². The van der Waals surface area contributed by atoms with Gasteiger partial charge in [-0.15, -0.1) is 0 Å². The Morgan fingerprint density at radius 3 is 2.54 bits per heavy atom. The fourth-order valence-electron chi connectivity index (χ4n) is 1.16. The lowest BCUT2D eigenvalue weighted by molar-refractivity contribution is 0.630. The van der Waals surface area contributed by atoms with Gasteiger partial charge in [0.05, 0.1) is 10.2 Å². The van der Waals surface area contributed by atoms with Gasteiger partial charge in [0.25, 0.3) is 0 Å². The molecule has 13 heavy (non-hydrogen) atoms. The number of nitrogens with two attached hydrogens (primary N) is 1. The quantitative estimate of drug-likeness (QED) is 0.868. The third-order valence-corrected chi connectivity index (χ3v) is 2.52. The third kappa shape index (κ3) is 2.66. The van der Waals surface area contributed by atoms with Gasteiger partial charge in [-0.2, -0.15) is 0 Å². The molecule has 0 amide bonds. The molecule has 0 unspecified atom stereocenters. The minimum absolute atomic E-state index is 0.531. The summed E-state index contributed by atoms with van der Waals surface area (Å²) in [6.07, 6.45) is 0.925. The molecule has 1 aromatic rings. The highest BCUT2D eigenvalue weighted by Crippen LogP contribution is 2.22. The Hall–Kier alpha value is -0.640. The van der Waals surface area contributed by atoms with Gasteiger partial charge in [0, 0.05) is 0 Å². The van der Waals surface area contributed by atoms with Crippen molar-refractivity contribution in [3.8, 4) is 0 Å².